The van der Waals surface area contributed by atoms with Crippen LogP contribution in [0.25, 0.3) is 16.9 Å². The van der Waals surface area contributed by atoms with Gasteiger partial charge in [-0.1, -0.05) is 48.5 Å². The summed E-state index contributed by atoms with van der Waals surface area (Å²) in [5, 5.41) is 7.46. The minimum absolute atomic E-state index is 0.197. The van der Waals surface area contributed by atoms with Crippen LogP contribution in [-0.4, -0.2) is 30.4 Å². The SMILES string of the molecule is CS(=O)(=O)c1ccc(NC(=O)c2cn(-c3ccccc3)nc2-c2ccccc2)cc1. The van der Waals surface area contributed by atoms with Crippen molar-refractivity contribution in [1.82, 2.24) is 9.78 Å². The molecule has 0 spiro atoms. The quantitative estimate of drug-likeness (QED) is 0.528. The lowest BCUT2D eigenvalue weighted by Crippen LogP contribution is -2.12. The molecule has 0 bridgehead atoms. The van der Waals surface area contributed by atoms with Crippen LogP contribution in [0.15, 0.2) is 96.0 Å². The summed E-state index contributed by atoms with van der Waals surface area (Å²) in [5.41, 5.74) is 3.14. The number of anilines is 1. The molecule has 0 unspecified atom stereocenters. The Balaban J connectivity index is 1.70. The van der Waals surface area contributed by atoms with Gasteiger partial charge in [0.05, 0.1) is 16.1 Å². The van der Waals surface area contributed by atoms with Crippen LogP contribution in [0.5, 0.6) is 0 Å². The summed E-state index contributed by atoms with van der Waals surface area (Å²) in [7, 11) is -3.30. The first-order valence-electron chi connectivity index (χ1n) is 9.24. The van der Waals surface area contributed by atoms with Gasteiger partial charge in [0.15, 0.2) is 9.84 Å². The highest BCUT2D eigenvalue weighted by atomic mass is 32.2. The van der Waals surface area contributed by atoms with Crippen LogP contribution < -0.4 is 5.32 Å². The first-order chi connectivity index (χ1) is 14.4. The van der Waals surface area contributed by atoms with Gasteiger partial charge < -0.3 is 5.32 Å². The minimum Gasteiger partial charge on any atom is -0.322 e. The third-order valence-electron chi connectivity index (χ3n) is 4.57. The van der Waals surface area contributed by atoms with Crippen LogP contribution in [0.4, 0.5) is 5.69 Å². The van der Waals surface area contributed by atoms with E-state index < -0.39 is 9.84 Å². The number of aromatic nitrogens is 2. The van der Waals surface area contributed by atoms with Crippen molar-refractivity contribution in [2.24, 2.45) is 0 Å². The number of carbonyl (C=O) groups is 1. The van der Waals surface area contributed by atoms with Gasteiger partial charge in [-0.05, 0) is 36.4 Å². The zero-order valence-corrected chi connectivity index (χ0v) is 17.0. The van der Waals surface area contributed by atoms with Crippen LogP contribution in [0.3, 0.4) is 0 Å². The predicted molar refractivity (Wildman–Crippen MR) is 117 cm³/mol. The van der Waals surface area contributed by atoms with Crippen LogP contribution in [0, 0.1) is 0 Å². The van der Waals surface area contributed by atoms with Crippen molar-refractivity contribution in [2.45, 2.75) is 4.90 Å². The van der Waals surface area contributed by atoms with E-state index in [2.05, 4.69) is 10.4 Å². The van der Waals surface area contributed by atoms with Gasteiger partial charge in [0.25, 0.3) is 5.91 Å². The number of nitrogens with one attached hydrogen (secondary N) is 1. The van der Waals surface area contributed by atoms with E-state index in [1.165, 1.54) is 12.1 Å². The number of amides is 1. The molecular formula is C23H19N3O3S. The number of para-hydroxylation sites is 1. The Morgan fingerprint density at radius 1 is 0.867 bits per heavy atom. The normalized spacial score (nSPS) is 11.2. The number of carbonyl (C=O) groups excluding carboxylic acids is 1. The molecule has 6 nitrogen and oxygen atoms in total. The van der Waals surface area contributed by atoms with Gasteiger partial charge in [0, 0.05) is 23.7 Å². The average Bonchev–Trinajstić information content (AvgIpc) is 3.20. The van der Waals surface area contributed by atoms with Gasteiger partial charge in [0.2, 0.25) is 0 Å². The van der Waals surface area contributed by atoms with Crippen LogP contribution in [0.1, 0.15) is 10.4 Å². The minimum atomic E-state index is -3.30. The van der Waals surface area contributed by atoms with Crippen molar-refractivity contribution >= 4 is 21.4 Å². The maximum absolute atomic E-state index is 13.1. The van der Waals surface area contributed by atoms with Crippen molar-refractivity contribution in [3.63, 3.8) is 0 Å². The fourth-order valence-electron chi connectivity index (χ4n) is 3.05. The molecule has 3 aromatic carbocycles. The second-order valence-corrected chi connectivity index (χ2v) is 8.80. The lowest BCUT2D eigenvalue weighted by atomic mass is 10.1. The molecule has 1 aromatic heterocycles. The predicted octanol–water partition coefficient (Wildman–Crippen LogP) is 4.20. The van der Waals surface area contributed by atoms with Gasteiger partial charge in [-0.25, -0.2) is 13.1 Å². The van der Waals surface area contributed by atoms with Crippen molar-refractivity contribution in [2.75, 3.05) is 11.6 Å². The van der Waals surface area contributed by atoms with E-state index >= 15 is 0 Å². The van der Waals surface area contributed by atoms with Crippen LogP contribution in [-0.2, 0) is 9.84 Å². The highest BCUT2D eigenvalue weighted by Crippen LogP contribution is 2.25. The number of hydrogen-bond acceptors (Lipinski definition) is 4. The van der Waals surface area contributed by atoms with Crippen molar-refractivity contribution in [1.29, 1.82) is 0 Å². The van der Waals surface area contributed by atoms with Gasteiger partial charge in [-0.3, -0.25) is 4.79 Å². The summed E-state index contributed by atoms with van der Waals surface area (Å²) < 4.78 is 24.9. The van der Waals surface area contributed by atoms with Crippen molar-refractivity contribution < 1.29 is 13.2 Å². The first kappa shape index (κ1) is 19.6. The second-order valence-electron chi connectivity index (χ2n) is 6.79. The summed E-state index contributed by atoms with van der Waals surface area (Å²) in [6.45, 7) is 0. The maximum Gasteiger partial charge on any atom is 0.259 e. The largest absolute Gasteiger partial charge is 0.322 e. The Hall–Kier alpha value is -3.71. The standard InChI is InChI=1S/C23H19N3O3S/c1-30(28,29)20-14-12-18(13-15-20)24-23(27)21-16-26(19-10-6-3-7-11-19)25-22(21)17-8-4-2-5-9-17/h2-16H,1H3,(H,24,27). The fraction of sp³-hybridized carbons (Fsp3) is 0.0435. The molecule has 0 atom stereocenters. The fourth-order valence-corrected chi connectivity index (χ4v) is 3.68. The molecule has 150 valence electrons. The number of nitrogens with zero attached hydrogens (tertiary/aromatic N) is 2. The van der Waals surface area contributed by atoms with Gasteiger partial charge in [-0.2, -0.15) is 5.10 Å². The lowest BCUT2D eigenvalue weighted by Gasteiger charge is -2.06. The molecule has 30 heavy (non-hydrogen) atoms. The monoisotopic (exact) mass is 417 g/mol. The molecule has 0 aliphatic rings. The van der Waals surface area contributed by atoms with Crippen LogP contribution >= 0.6 is 0 Å². The summed E-state index contributed by atoms with van der Waals surface area (Å²) >= 11 is 0. The number of rotatable bonds is 5. The molecule has 0 radical (unpaired) electrons. The average molecular weight is 417 g/mol. The highest BCUT2D eigenvalue weighted by molar-refractivity contribution is 7.90. The molecular weight excluding hydrogens is 398 g/mol. The van der Waals surface area contributed by atoms with E-state index in [0.717, 1.165) is 17.5 Å². The maximum atomic E-state index is 13.1. The van der Waals surface area contributed by atoms with E-state index in [1.807, 2.05) is 60.7 Å². The number of benzene rings is 3. The third-order valence-corrected chi connectivity index (χ3v) is 5.70. The Labute approximate surface area is 174 Å². The first-order valence-corrected chi connectivity index (χ1v) is 11.1. The molecule has 0 aliphatic heterocycles. The van der Waals surface area contributed by atoms with E-state index in [-0.39, 0.29) is 10.8 Å². The molecule has 7 heteroatoms. The molecule has 4 rings (SSSR count). The smallest absolute Gasteiger partial charge is 0.259 e. The molecule has 0 aliphatic carbocycles. The van der Waals surface area contributed by atoms with Crippen molar-refractivity contribution in [3.8, 4) is 16.9 Å². The van der Waals surface area contributed by atoms with E-state index in [0.29, 0.717) is 16.9 Å². The van der Waals surface area contributed by atoms with E-state index in [4.69, 9.17) is 0 Å². The Bertz CT molecular complexity index is 1280. The zero-order valence-electron chi connectivity index (χ0n) is 16.2. The third kappa shape index (κ3) is 4.16. The molecule has 0 fully saturated rings. The Morgan fingerprint density at radius 3 is 2.07 bits per heavy atom. The summed E-state index contributed by atoms with van der Waals surface area (Å²) in [4.78, 5) is 13.2. The molecule has 1 N–H and O–H groups in total. The van der Waals surface area contributed by atoms with Gasteiger partial charge in [-0.15, -0.1) is 0 Å². The topological polar surface area (TPSA) is 81.1 Å². The van der Waals surface area contributed by atoms with Crippen molar-refractivity contribution in [3.05, 3.63) is 96.7 Å². The summed E-state index contributed by atoms with van der Waals surface area (Å²) in [6.07, 6.45) is 2.84. The Morgan fingerprint density at radius 2 is 1.47 bits per heavy atom. The molecule has 0 saturated heterocycles. The van der Waals surface area contributed by atoms with E-state index in [1.54, 1.807) is 23.0 Å². The second kappa shape index (κ2) is 7.96. The highest BCUT2D eigenvalue weighted by Gasteiger charge is 2.19. The molecule has 4 aromatic rings. The van der Waals surface area contributed by atoms with E-state index in [9.17, 15) is 13.2 Å². The Kier molecular flexibility index (Phi) is 5.20. The number of sulfone groups is 1. The van der Waals surface area contributed by atoms with Gasteiger partial charge in [0.1, 0.15) is 5.69 Å². The number of hydrogen-bond donors (Lipinski definition) is 1. The van der Waals surface area contributed by atoms with Crippen LogP contribution in [0.2, 0.25) is 0 Å². The summed E-state index contributed by atoms with van der Waals surface area (Å²) in [6, 6.07) is 25.1. The lowest BCUT2D eigenvalue weighted by molar-refractivity contribution is 0.102. The molecule has 1 amide bonds. The molecule has 0 saturated carbocycles. The molecule has 1 heterocycles. The zero-order chi connectivity index (χ0) is 21.1. The van der Waals surface area contributed by atoms with Gasteiger partial charge >= 0.3 is 0 Å². The summed E-state index contributed by atoms with van der Waals surface area (Å²) in [5.74, 6) is -0.330.